The quantitative estimate of drug-likeness (QED) is 0.810. The summed E-state index contributed by atoms with van der Waals surface area (Å²) < 4.78 is 0. The van der Waals surface area contributed by atoms with E-state index in [1.165, 1.54) is 5.56 Å². The molecular formula is C12H14N2O. The van der Waals surface area contributed by atoms with E-state index in [1.807, 2.05) is 37.3 Å². The summed E-state index contributed by atoms with van der Waals surface area (Å²) in [6.45, 7) is 2.55. The molecule has 0 aromatic heterocycles. The van der Waals surface area contributed by atoms with Gasteiger partial charge in [-0.3, -0.25) is 4.79 Å². The van der Waals surface area contributed by atoms with Crippen LogP contribution in [0.2, 0.25) is 0 Å². The van der Waals surface area contributed by atoms with Gasteiger partial charge in [-0.1, -0.05) is 29.8 Å². The van der Waals surface area contributed by atoms with Crippen molar-refractivity contribution in [1.82, 2.24) is 5.32 Å². The summed E-state index contributed by atoms with van der Waals surface area (Å²) in [7, 11) is 0. The van der Waals surface area contributed by atoms with E-state index in [0.717, 1.165) is 5.56 Å². The monoisotopic (exact) mass is 202 g/mol. The van der Waals surface area contributed by atoms with E-state index in [-0.39, 0.29) is 18.7 Å². The maximum Gasteiger partial charge on any atom is 0.221 e. The largest absolute Gasteiger partial charge is 0.352 e. The lowest BCUT2D eigenvalue weighted by Crippen LogP contribution is -2.22. The number of benzene rings is 1. The molecule has 3 nitrogen and oxygen atoms in total. The fourth-order valence-electron chi connectivity index (χ4n) is 1.28. The van der Waals surface area contributed by atoms with Crippen LogP contribution in [-0.4, -0.2) is 5.91 Å². The summed E-state index contributed by atoms with van der Waals surface area (Å²) in [5.41, 5.74) is 2.26. The van der Waals surface area contributed by atoms with E-state index in [2.05, 4.69) is 5.32 Å². The number of carbonyl (C=O) groups is 1. The molecule has 0 unspecified atom stereocenters. The number of hydrogen-bond acceptors (Lipinski definition) is 2. The fraction of sp³-hybridized carbons (Fsp3) is 0.333. The van der Waals surface area contributed by atoms with Crippen LogP contribution in [0.3, 0.4) is 0 Å². The third-order valence-electron chi connectivity index (χ3n) is 2.04. The molecule has 78 valence electrons. The van der Waals surface area contributed by atoms with Gasteiger partial charge in [-0.25, -0.2) is 0 Å². The zero-order valence-electron chi connectivity index (χ0n) is 8.79. The summed E-state index contributed by atoms with van der Waals surface area (Å²) in [4.78, 5) is 11.2. The highest BCUT2D eigenvalue weighted by Gasteiger charge is 2.00. The van der Waals surface area contributed by atoms with Crippen LogP contribution in [-0.2, 0) is 11.3 Å². The first-order valence-electron chi connectivity index (χ1n) is 4.91. The minimum Gasteiger partial charge on any atom is -0.352 e. The fourth-order valence-corrected chi connectivity index (χ4v) is 1.28. The Labute approximate surface area is 89.7 Å². The Morgan fingerprint density at radius 1 is 1.53 bits per heavy atom. The highest BCUT2D eigenvalue weighted by Crippen LogP contribution is 2.03. The van der Waals surface area contributed by atoms with Crippen LogP contribution in [0.15, 0.2) is 24.3 Å². The number of aryl methyl sites for hydroxylation is 1. The van der Waals surface area contributed by atoms with Gasteiger partial charge in [-0.2, -0.15) is 5.26 Å². The van der Waals surface area contributed by atoms with Crippen molar-refractivity contribution in [2.24, 2.45) is 0 Å². The maximum absolute atomic E-state index is 11.2. The molecular weight excluding hydrogens is 188 g/mol. The highest BCUT2D eigenvalue weighted by atomic mass is 16.1. The third-order valence-corrected chi connectivity index (χ3v) is 2.04. The zero-order valence-corrected chi connectivity index (χ0v) is 8.79. The molecule has 0 spiro atoms. The van der Waals surface area contributed by atoms with Crippen LogP contribution in [0.25, 0.3) is 0 Å². The van der Waals surface area contributed by atoms with Crippen molar-refractivity contribution in [3.8, 4) is 6.07 Å². The van der Waals surface area contributed by atoms with Crippen LogP contribution >= 0.6 is 0 Å². The normalized spacial score (nSPS) is 9.33. The lowest BCUT2D eigenvalue weighted by molar-refractivity contribution is -0.121. The van der Waals surface area contributed by atoms with Gasteiger partial charge in [-0.05, 0) is 12.5 Å². The minimum atomic E-state index is -0.0712. The average Bonchev–Trinajstić information content (AvgIpc) is 2.23. The molecule has 0 atom stereocenters. The van der Waals surface area contributed by atoms with Crippen molar-refractivity contribution in [3.05, 3.63) is 35.4 Å². The second kappa shape index (κ2) is 5.82. The van der Waals surface area contributed by atoms with Gasteiger partial charge in [0.25, 0.3) is 0 Å². The first kappa shape index (κ1) is 11.3. The third kappa shape index (κ3) is 4.28. The molecule has 1 aromatic rings. The summed E-state index contributed by atoms with van der Waals surface area (Å²) in [6, 6.07) is 9.93. The highest BCUT2D eigenvalue weighted by molar-refractivity contribution is 5.76. The van der Waals surface area contributed by atoms with Crippen molar-refractivity contribution in [2.45, 2.75) is 26.3 Å². The molecule has 0 aliphatic carbocycles. The Balaban J connectivity index is 2.37. The van der Waals surface area contributed by atoms with Crippen LogP contribution < -0.4 is 5.32 Å². The van der Waals surface area contributed by atoms with Crippen LogP contribution in [0.5, 0.6) is 0 Å². The van der Waals surface area contributed by atoms with Crippen molar-refractivity contribution in [2.75, 3.05) is 0 Å². The van der Waals surface area contributed by atoms with Crippen molar-refractivity contribution in [1.29, 1.82) is 5.26 Å². The molecule has 3 heteroatoms. The van der Waals surface area contributed by atoms with Crippen molar-refractivity contribution in [3.63, 3.8) is 0 Å². The predicted octanol–water partition coefficient (Wildman–Crippen LogP) is 1.91. The van der Waals surface area contributed by atoms with Gasteiger partial charge in [0.2, 0.25) is 5.91 Å². The van der Waals surface area contributed by atoms with Gasteiger partial charge in [-0.15, -0.1) is 0 Å². The van der Waals surface area contributed by atoms with E-state index < -0.39 is 0 Å². The Kier molecular flexibility index (Phi) is 4.36. The Bertz CT molecular complexity index is 379. The number of rotatable bonds is 4. The maximum atomic E-state index is 11.2. The number of nitriles is 1. The molecule has 0 fully saturated rings. The molecule has 1 N–H and O–H groups in total. The molecule has 0 saturated carbocycles. The lowest BCUT2D eigenvalue weighted by atomic mass is 10.1. The molecule has 0 radical (unpaired) electrons. The summed E-state index contributed by atoms with van der Waals surface area (Å²) in [5, 5.41) is 11.1. The van der Waals surface area contributed by atoms with Crippen molar-refractivity contribution < 1.29 is 4.79 Å². The van der Waals surface area contributed by atoms with E-state index in [9.17, 15) is 4.79 Å². The standard InChI is InChI=1S/C12H14N2O/c1-10-4-2-5-11(8-10)9-14-12(15)6-3-7-13/h2,4-5,8H,3,6,9H2,1H3,(H,14,15). The van der Waals surface area contributed by atoms with E-state index in [1.54, 1.807) is 0 Å². The van der Waals surface area contributed by atoms with Gasteiger partial charge >= 0.3 is 0 Å². The molecule has 15 heavy (non-hydrogen) atoms. The van der Waals surface area contributed by atoms with Gasteiger partial charge in [0, 0.05) is 19.4 Å². The van der Waals surface area contributed by atoms with E-state index >= 15 is 0 Å². The van der Waals surface area contributed by atoms with E-state index in [0.29, 0.717) is 6.54 Å². The summed E-state index contributed by atoms with van der Waals surface area (Å²) in [6.07, 6.45) is 0.558. The zero-order chi connectivity index (χ0) is 11.1. The second-order valence-corrected chi connectivity index (χ2v) is 3.42. The lowest BCUT2D eigenvalue weighted by Gasteiger charge is -2.04. The molecule has 0 bridgehead atoms. The number of hydrogen-bond donors (Lipinski definition) is 1. The Morgan fingerprint density at radius 2 is 2.33 bits per heavy atom. The SMILES string of the molecule is Cc1cccc(CNC(=O)CCC#N)c1. The Hall–Kier alpha value is -1.82. The van der Waals surface area contributed by atoms with Crippen molar-refractivity contribution >= 4 is 5.91 Å². The van der Waals surface area contributed by atoms with E-state index in [4.69, 9.17) is 5.26 Å². The molecule has 0 aliphatic rings. The topological polar surface area (TPSA) is 52.9 Å². The van der Waals surface area contributed by atoms with Gasteiger partial charge in [0.05, 0.1) is 6.07 Å². The average molecular weight is 202 g/mol. The second-order valence-electron chi connectivity index (χ2n) is 3.42. The first-order chi connectivity index (χ1) is 7.22. The molecule has 1 rings (SSSR count). The Morgan fingerprint density at radius 3 is 3.00 bits per heavy atom. The number of amides is 1. The molecule has 1 amide bonds. The van der Waals surface area contributed by atoms with Gasteiger partial charge < -0.3 is 5.32 Å². The van der Waals surface area contributed by atoms with Crippen LogP contribution in [0, 0.1) is 18.3 Å². The summed E-state index contributed by atoms with van der Waals surface area (Å²) >= 11 is 0. The molecule has 0 heterocycles. The first-order valence-corrected chi connectivity index (χ1v) is 4.91. The minimum absolute atomic E-state index is 0.0712. The number of nitrogens with one attached hydrogen (secondary N) is 1. The van der Waals surface area contributed by atoms with Gasteiger partial charge in [0.15, 0.2) is 0 Å². The molecule has 0 saturated heterocycles. The van der Waals surface area contributed by atoms with Crippen LogP contribution in [0.4, 0.5) is 0 Å². The van der Waals surface area contributed by atoms with Crippen LogP contribution in [0.1, 0.15) is 24.0 Å². The predicted molar refractivity (Wildman–Crippen MR) is 57.9 cm³/mol. The molecule has 0 aliphatic heterocycles. The summed E-state index contributed by atoms with van der Waals surface area (Å²) in [5.74, 6) is -0.0712. The number of nitrogens with zero attached hydrogens (tertiary/aromatic N) is 1. The number of carbonyl (C=O) groups excluding carboxylic acids is 1. The molecule has 1 aromatic carbocycles. The van der Waals surface area contributed by atoms with Gasteiger partial charge in [0.1, 0.15) is 0 Å². The smallest absolute Gasteiger partial charge is 0.221 e.